The average molecular weight is 168 g/mol. The number of hydrogen-bond donors (Lipinski definition) is 0. The van der Waals surface area contributed by atoms with E-state index < -0.39 is 12.4 Å². The zero-order chi connectivity index (χ0) is 5.86. The number of ketones is 1. The van der Waals surface area contributed by atoms with Gasteiger partial charge in [-0.25, -0.2) is 0 Å². The Bertz CT molecular complexity index is 88.7. The standard InChI is InChI=1S/C4H6O3.O.V/c1-3(5)2-4(6)7;;/h2H2,1H3,(H,6,7);;/q;-2;/p-1. The largest absolute Gasteiger partial charge is 2.00 e. The van der Waals surface area contributed by atoms with E-state index in [2.05, 4.69) is 0 Å². The summed E-state index contributed by atoms with van der Waals surface area (Å²) >= 11 is 0. The molecule has 0 rings (SSSR count). The predicted molar refractivity (Wildman–Crippen MR) is 21.0 cm³/mol. The van der Waals surface area contributed by atoms with Gasteiger partial charge in [-0.15, -0.1) is 0 Å². The summed E-state index contributed by atoms with van der Waals surface area (Å²) in [5, 5.41) is 9.48. The quantitative estimate of drug-likeness (QED) is 0.475. The Hall–Kier alpha value is -0.316. The zero-order valence-electron chi connectivity index (χ0n) is 4.79. The Morgan fingerprint density at radius 3 is 1.78 bits per heavy atom. The molecule has 4 nitrogen and oxygen atoms in total. The first kappa shape index (κ1) is 15.9. The summed E-state index contributed by atoms with van der Waals surface area (Å²) in [4.78, 5) is 19.3. The molecule has 0 unspecified atom stereocenters. The van der Waals surface area contributed by atoms with Crippen LogP contribution >= 0.6 is 0 Å². The second-order valence-electron chi connectivity index (χ2n) is 1.25. The van der Waals surface area contributed by atoms with E-state index in [1.807, 2.05) is 0 Å². The number of carboxylic acid groups (broad SMARTS) is 1. The van der Waals surface area contributed by atoms with Crippen molar-refractivity contribution in [3.8, 4) is 0 Å². The summed E-state index contributed by atoms with van der Waals surface area (Å²) in [5.41, 5.74) is 0. The van der Waals surface area contributed by atoms with E-state index >= 15 is 0 Å². The SMILES string of the molecule is CC(=O)CC(=O)[O-].[O-2].[V]. The summed E-state index contributed by atoms with van der Waals surface area (Å²) in [5.74, 6) is -1.69. The molecule has 0 aromatic rings. The maximum Gasteiger partial charge on any atom is 0.135 e. The second-order valence-corrected chi connectivity index (χ2v) is 1.25. The zero-order valence-corrected chi connectivity index (χ0v) is 6.18. The van der Waals surface area contributed by atoms with Gasteiger partial charge in [0.15, 0.2) is 0 Å². The van der Waals surface area contributed by atoms with Crippen molar-refractivity contribution >= 4 is 11.8 Å². The van der Waals surface area contributed by atoms with E-state index in [9.17, 15) is 14.7 Å². The van der Waals surface area contributed by atoms with Crippen LogP contribution in [-0.2, 0) is 33.6 Å². The monoisotopic (exact) mass is 168 g/mol. The van der Waals surface area contributed by atoms with Gasteiger partial charge in [0.25, 0.3) is 0 Å². The van der Waals surface area contributed by atoms with E-state index in [4.69, 9.17) is 0 Å². The van der Waals surface area contributed by atoms with Crippen molar-refractivity contribution in [2.24, 2.45) is 0 Å². The third-order valence-electron chi connectivity index (χ3n) is 0.393. The van der Waals surface area contributed by atoms with Crippen molar-refractivity contribution < 1.29 is 38.7 Å². The summed E-state index contributed by atoms with van der Waals surface area (Å²) in [6.07, 6.45) is -0.472. The molecule has 0 aliphatic rings. The van der Waals surface area contributed by atoms with Crippen LogP contribution in [0.2, 0.25) is 0 Å². The number of rotatable bonds is 2. The molecule has 0 N–H and O–H groups in total. The van der Waals surface area contributed by atoms with E-state index in [1.54, 1.807) is 0 Å². The van der Waals surface area contributed by atoms with Crippen LogP contribution in [0.4, 0.5) is 0 Å². The molecule has 0 fully saturated rings. The van der Waals surface area contributed by atoms with Gasteiger partial charge in [0, 0.05) is 30.9 Å². The van der Waals surface area contributed by atoms with Gasteiger partial charge in [-0.05, 0) is 6.92 Å². The smallest absolute Gasteiger partial charge is 0.135 e. The molecule has 0 saturated carbocycles. The molecule has 0 aliphatic heterocycles. The minimum absolute atomic E-state index is 0. The third-order valence-corrected chi connectivity index (χ3v) is 0.393. The van der Waals surface area contributed by atoms with E-state index in [0.717, 1.165) is 0 Å². The molecule has 0 heterocycles. The third kappa shape index (κ3) is 18.3. The van der Waals surface area contributed by atoms with Gasteiger partial charge in [-0.3, -0.25) is 4.79 Å². The van der Waals surface area contributed by atoms with Crippen LogP contribution in [0, 0.1) is 0 Å². The molecule has 0 amide bonds. The molecule has 0 bridgehead atoms. The van der Waals surface area contributed by atoms with Gasteiger partial charge in [-0.1, -0.05) is 0 Å². The maximum absolute atomic E-state index is 9.83. The fourth-order valence-corrected chi connectivity index (χ4v) is 0.203. The average Bonchev–Trinajstić information content (AvgIpc) is 1.27. The van der Waals surface area contributed by atoms with Gasteiger partial charge >= 0.3 is 0 Å². The van der Waals surface area contributed by atoms with Crippen LogP contribution in [0.5, 0.6) is 0 Å². The topological polar surface area (TPSA) is 85.7 Å². The van der Waals surface area contributed by atoms with Gasteiger partial charge in [0.2, 0.25) is 0 Å². The molecule has 1 radical (unpaired) electrons. The number of carboxylic acids is 1. The first-order valence-corrected chi connectivity index (χ1v) is 1.82. The van der Waals surface area contributed by atoms with Crippen LogP contribution in [0.25, 0.3) is 0 Å². The van der Waals surface area contributed by atoms with Gasteiger partial charge < -0.3 is 15.4 Å². The van der Waals surface area contributed by atoms with Crippen LogP contribution in [0.3, 0.4) is 0 Å². The van der Waals surface area contributed by atoms with Crippen LogP contribution in [0.15, 0.2) is 0 Å². The number of Topliss-reactive ketones (excluding diaryl/α,β-unsaturated/α-hetero) is 1. The Balaban J connectivity index is -0.000000180. The number of hydrogen-bond acceptors (Lipinski definition) is 3. The summed E-state index contributed by atoms with van der Waals surface area (Å²) in [6, 6.07) is 0. The van der Waals surface area contributed by atoms with E-state index in [-0.39, 0.29) is 29.8 Å². The van der Waals surface area contributed by atoms with Crippen molar-refractivity contribution in [3.05, 3.63) is 0 Å². The second kappa shape index (κ2) is 7.68. The molecule has 0 aromatic carbocycles. The normalized spacial score (nSPS) is 6.33. The Morgan fingerprint density at radius 1 is 1.44 bits per heavy atom. The first-order valence-electron chi connectivity index (χ1n) is 1.82. The molecule has 53 valence electrons. The molecular weight excluding hydrogens is 163 g/mol. The minimum Gasteiger partial charge on any atom is -2.00 e. The number of carbonyl (C=O) groups is 2. The van der Waals surface area contributed by atoms with Crippen LogP contribution in [0.1, 0.15) is 13.3 Å². The summed E-state index contributed by atoms with van der Waals surface area (Å²) in [7, 11) is 0. The molecule has 9 heavy (non-hydrogen) atoms. The van der Waals surface area contributed by atoms with Crippen molar-refractivity contribution in [2.45, 2.75) is 13.3 Å². The van der Waals surface area contributed by atoms with E-state index in [1.165, 1.54) is 6.92 Å². The Labute approximate surface area is 64.4 Å². The molecule has 0 saturated heterocycles. The van der Waals surface area contributed by atoms with Crippen molar-refractivity contribution in [1.82, 2.24) is 0 Å². The fraction of sp³-hybridized carbons (Fsp3) is 0.500. The maximum atomic E-state index is 9.83. The number of aliphatic carboxylic acids is 1. The molecule has 0 aromatic heterocycles. The summed E-state index contributed by atoms with van der Waals surface area (Å²) in [6.45, 7) is 1.20. The van der Waals surface area contributed by atoms with Crippen molar-refractivity contribution in [2.75, 3.05) is 0 Å². The fourth-order valence-electron chi connectivity index (χ4n) is 0.203. The summed E-state index contributed by atoms with van der Waals surface area (Å²) < 4.78 is 0. The van der Waals surface area contributed by atoms with Gasteiger partial charge in [-0.2, -0.15) is 0 Å². The first-order chi connectivity index (χ1) is 3.13. The van der Waals surface area contributed by atoms with Gasteiger partial charge in [0.05, 0.1) is 0 Å². The molecular formula is C4H5O4V-3. The van der Waals surface area contributed by atoms with E-state index in [0.29, 0.717) is 0 Å². The predicted octanol–water partition coefficient (Wildman–Crippen LogP) is -1.41. The molecule has 0 atom stereocenters. The van der Waals surface area contributed by atoms with Crippen molar-refractivity contribution in [1.29, 1.82) is 0 Å². The van der Waals surface area contributed by atoms with Crippen LogP contribution in [-0.4, -0.2) is 11.8 Å². The van der Waals surface area contributed by atoms with Gasteiger partial charge in [0.1, 0.15) is 5.78 Å². The Kier molecular flexibility index (Phi) is 13.6. The Morgan fingerprint density at radius 2 is 1.78 bits per heavy atom. The molecule has 5 heteroatoms. The molecule has 0 spiro atoms. The molecule has 0 aliphatic carbocycles. The minimum atomic E-state index is -1.31. The van der Waals surface area contributed by atoms with Crippen molar-refractivity contribution in [3.63, 3.8) is 0 Å². The number of carbonyl (C=O) groups excluding carboxylic acids is 2. The van der Waals surface area contributed by atoms with Crippen LogP contribution < -0.4 is 5.11 Å².